The van der Waals surface area contributed by atoms with Gasteiger partial charge in [0, 0.05) is 18.0 Å². The second kappa shape index (κ2) is 4.40. The minimum atomic E-state index is -0.575. The first-order chi connectivity index (χ1) is 8.22. The second-order valence-corrected chi connectivity index (χ2v) is 3.06. The molecule has 0 radical (unpaired) electrons. The molecule has 7 nitrogen and oxygen atoms in total. The van der Waals surface area contributed by atoms with Crippen molar-refractivity contribution >= 4 is 0 Å². The summed E-state index contributed by atoms with van der Waals surface area (Å²) in [5.41, 5.74) is 0.317. The number of hydrogen-bond acceptors (Lipinski definition) is 6. The maximum absolute atomic E-state index is 11.2. The molecule has 1 N–H and O–H groups in total. The van der Waals surface area contributed by atoms with Crippen molar-refractivity contribution in [1.82, 2.24) is 19.9 Å². The summed E-state index contributed by atoms with van der Waals surface area (Å²) in [4.78, 5) is 25.0. The highest BCUT2D eigenvalue weighted by molar-refractivity contribution is 5.55. The molecule has 2 rings (SSSR count). The number of nitriles is 1. The molecule has 0 aliphatic carbocycles. The molecular formula is C10H7N5O2. The number of rotatable bonds is 2. The zero-order valence-corrected chi connectivity index (χ0v) is 8.84. The fourth-order valence-corrected chi connectivity index (χ4v) is 1.22. The maximum atomic E-state index is 11.2. The number of methoxy groups -OCH3 is 1. The van der Waals surface area contributed by atoms with Crippen molar-refractivity contribution in [2.45, 2.75) is 0 Å². The third-order valence-corrected chi connectivity index (χ3v) is 1.95. The van der Waals surface area contributed by atoms with Crippen LogP contribution in [0.15, 0.2) is 23.3 Å². The molecule has 0 aromatic carbocycles. The van der Waals surface area contributed by atoms with Crippen molar-refractivity contribution in [2.75, 3.05) is 7.11 Å². The number of hydrogen-bond donors (Lipinski definition) is 1. The Morgan fingerprint density at radius 2 is 2.24 bits per heavy atom. The van der Waals surface area contributed by atoms with Crippen LogP contribution in [0.25, 0.3) is 11.4 Å². The highest BCUT2D eigenvalue weighted by Gasteiger charge is 2.06. The molecule has 0 amide bonds. The smallest absolute Gasteiger partial charge is 0.351 e. The van der Waals surface area contributed by atoms with Crippen LogP contribution in [-0.2, 0) is 0 Å². The molecule has 0 spiro atoms. The summed E-state index contributed by atoms with van der Waals surface area (Å²) in [7, 11) is 1.36. The fraction of sp³-hybridized carbons (Fsp3) is 0.100. The van der Waals surface area contributed by atoms with E-state index >= 15 is 0 Å². The molecule has 2 aromatic rings. The van der Waals surface area contributed by atoms with Gasteiger partial charge in [0.05, 0.1) is 12.7 Å². The lowest BCUT2D eigenvalue weighted by Gasteiger charge is -2.01. The van der Waals surface area contributed by atoms with Crippen LogP contribution in [0.5, 0.6) is 6.01 Å². The van der Waals surface area contributed by atoms with Crippen LogP contribution in [0.2, 0.25) is 0 Å². The van der Waals surface area contributed by atoms with Gasteiger partial charge in [-0.05, 0) is 6.07 Å². The second-order valence-electron chi connectivity index (χ2n) is 3.06. The normalized spacial score (nSPS) is 9.65. The predicted octanol–water partition coefficient (Wildman–Crippen LogP) is 0.107. The van der Waals surface area contributed by atoms with Crippen LogP contribution in [0.1, 0.15) is 5.56 Å². The largest absolute Gasteiger partial charge is 0.467 e. The third-order valence-electron chi connectivity index (χ3n) is 1.95. The molecule has 0 saturated carbocycles. The van der Waals surface area contributed by atoms with Gasteiger partial charge >= 0.3 is 11.7 Å². The quantitative estimate of drug-likeness (QED) is 0.783. The van der Waals surface area contributed by atoms with Gasteiger partial charge in [0.25, 0.3) is 0 Å². The van der Waals surface area contributed by atoms with Crippen LogP contribution >= 0.6 is 0 Å². The summed E-state index contributed by atoms with van der Waals surface area (Å²) >= 11 is 0. The Balaban J connectivity index is 2.56. The lowest BCUT2D eigenvalue weighted by atomic mass is 10.2. The van der Waals surface area contributed by atoms with Crippen molar-refractivity contribution in [2.24, 2.45) is 0 Å². The van der Waals surface area contributed by atoms with Gasteiger partial charge in [0.2, 0.25) is 0 Å². The zero-order chi connectivity index (χ0) is 12.3. The number of H-pyrrole nitrogens is 1. The molecule has 0 unspecified atom stereocenters. The van der Waals surface area contributed by atoms with Crippen LogP contribution in [0.4, 0.5) is 0 Å². The van der Waals surface area contributed by atoms with Crippen LogP contribution in [0.3, 0.4) is 0 Å². The molecular weight excluding hydrogens is 222 g/mol. The Kier molecular flexibility index (Phi) is 2.79. The van der Waals surface area contributed by atoms with E-state index in [-0.39, 0.29) is 11.8 Å². The third kappa shape index (κ3) is 2.26. The van der Waals surface area contributed by atoms with E-state index < -0.39 is 5.69 Å². The molecule has 0 bridgehead atoms. The molecule has 2 aromatic heterocycles. The summed E-state index contributed by atoms with van der Waals surface area (Å²) < 4.78 is 4.79. The minimum Gasteiger partial charge on any atom is -0.467 e. The average Bonchev–Trinajstić information content (AvgIpc) is 2.38. The van der Waals surface area contributed by atoms with Crippen molar-refractivity contribution in [3.63, 3.8) is 0 Å². The number of aromatic amines is 1. The molecule has 0 fully saturated rings. The van der Waals surface area contributed by atoms with Gasteiger partial charge in [-0.2, -0.15) is 10.2 Å². The first kappa shape index (κ1) is 10.8. The molecule has 17 heavy (non-hydrogen) atoms. The van der Waals surface area contributed by atoms with Gasteiger partial charge in [-0.15, -0.1) is 4.98 Å². The summed E-state index contributed by atoms with van der Waals surface area (Å²) in [5.74, 6) is 0.256. The number of ether oxygens (including phenoxy) is 1. The Morgan fingerprint density at radius 1 is 1.41 bits per heavy atom. The Hall–Kier alpha value is -2.75. The number of aromatic nitrogens is 4. The number of nitrogens with zero attached hydrogens (tertiary/aromatic N) is 4. The first-order valence-corrected chi connectivity index (χ1v) is 4.61. The van der Waals surface area contributed by atoms with E-state index in [9.17, 15) is 4.79 Å². The number of pyridine rings is 1. The van der Waals surface area contributed by atoms with E-state index in [1.54, 1.807) is 6.07 Å². The van der Waals surface area contributed by atoms with E-state index in [0.29, 0.717) is 11.1 Å². The summed E-state index contributed by atoms with van der Waals surface area (Å²) in [6.45, 7) is 0. The lowest BCUT2D eigenvalue weighted by molar-refractivity contribution is 0.377. The molecule has 0 atom stereocenters. The van der Waals surface area contributed by atoms with Crippen molar-refractivity contribution < 1.29 is 4.74 Å². The van der Waals surface area contributed by atoms with Crippen molar-refractivity contribution in [1.29, 1.82) is 5.26 Å². The average molecular weight is 229 g/mol. The van der Waals surface area contributed by atoms with Gasteiger partial charge in [0.1, 0.15) is 11.9 Å². The lowest BCUT2D eigenvalue weighted by Crippen LogP contribution is -2.14. The van der Waals surface area contributed by atoms with Crippen molar-refractivity contribution in [3.05, 3.63) is 34.5 Å². The zero-order valence-electron chi connectivity index (χ0n) is 8.84. The van der Waals surface area contributed by atoms with Gasteiger partial charge in [0.15, 0.2) is 0 Å². The van der Waals surface area contributed by atoms with E-state index in [1.807, 2.05) is 6.07 Å². The Labute approximate surface area is 95.8 Å². The molecule has 84 valence electrons. The summed E-state index contributed by atoms with van der Waals surface area (Å²) in [5, 5.41) is 8.74. The summed E-state index contributed by atoms with van der Waals surface area (Å²) in [6.07, 6.45) is 2.90. The van der Waals surface area contributed by atoms with E-state index in [2.05, 4.69) is 19.9 Å². The summed E-state index contributed by atoms with van der Waals surface area (Å²) in [6, 6.07) is 3.48. The molecule has 0 aliphatic heterocycles. The van der Waals surface area contributed by atoms with Crippen LogP contribution in [-0.4, -0.2) is 27.0 Å². The van der Waals surface area contributed by atoms with Crippen molar-refractivity contribution in [3.8, 4) is 23.5 Å². The Morgan fingerprint density at radius 3 is 2.94 bits per heavy atom. The molecule has 2 heterocycles. The van der Waals surface area contributed by atoms with Crippen LogP contribution in [0, 0.1) is 11.3 Å². The fourth-order valence-electron chi connectivity index (χ4n) is 1.22. The van der Waals surface area contributed by atoms with Gasteiger partial charge in [-0.1, -0.05) is 0 Å². The van der Waals surface area contributed by atoms with Gasteiger partial charge < -0.3 is 4.74 Å². The predicted molar refractivity (Wildman–Crippen MR) is 57.2 cm³/mol. The Bertz CT molecular complexity index is 644. The SMILES string of the molecule is COc1nc(-c2cncc(C#N)c2)[nH]c(=O)n1. The topological polar surface area (TPSA) is 105 Å². The monoisotopic (exact) mass is 229 g/mol. The molecule has 7 heteroatoms. The van der Waals surface area contributed by atoms with Gasteiger partial charge in [-0.3, -0.25) is 9.97 Å². The van der Waals surface area contributed by atoms with E-state index in [4.69, 9.17) is 10.00 Å². The minimum absolute atomic E-state index is 0.0360. The van der Waals surface area contributed by atoms with Gasteiger partial charge in [-0.25, -0.2) is 4.79 Å². The van der Waals surface area contributed by atoms with E-state index in [1.165, 1.54) is 19.5 Å². The van der Waals surface area contributed by atoms with Crippen LogP contribution < -0.4 is 10.4 Å². The highest BCUT2D eigenvalue weighted by Crippen LogP contribution is 2.14. The molecule has 0 aliphatic rings. The standard InChI is InChI=1S/C10H7N5O2/c1-17-10-14-8(13-9(16)15-10)7-2-6(3-11)4-12-5-7/h2,4-5H,1H3,(H,13,14,15,16). The highest BCUT2D eigenvalue weighted by atomic mass is 16.5. The first-order valence-electron chi connectivity index (χ1n) is 4.61. The maximum Gasteiger partial charge on any atom is 0.351 e. The van der Waals surface area contributed by atoms with E-state index in [0.717, 1.165) is 0 Å². The molecule has 0 saturated heterocycles. The number of nitrogens with one attached hydrogen (secondary N) is 1.